The number of hydrogen-bond acceptors (Lipinski definition) is 4. The van der Waals surface area contributed by atoms with Crippen LogP contribution in [0.25, 0.3) is 0 Å². The maximum Gasteiger partial charge on any atom is 0.308 e. The van der Waals surface area contributed by atoms with Gasteiger partial charge in [-0.3, -0.25) is 14.7 Å². The Morgan fingerprint density at radius 3 is 2.41 bits per heavy atom. The van der Waals surface area contributed by atoms with Crippen molar-refractivity contribution in [1.29, 1.82) is 0 Å². The number of nitrogens with one attached hydrogen (secondary N) is 1. The van der Waals surface area contributed by atoms with Crippen LogP contribution in [-0.4, -0.2) is 68.1 Å². The lowest BCUT2D eigenvalue weighted by atomic mass is 9.97. The number of methoxy groups -OCH3 is 1. The zero-order chi connectivity index (χ0) is 20.6. The van der Waals surface area contributed by atoms with Gasteiger partial charge in [-0.25, -0.2) is 0 Å². The quantitative estimate of drug-likeness (QED) is 0.452. The Kier molecular flexibility index (Phi) is 7.92. The molecule has 2 heterocycles. The first kappa shape index (κ1) is 21.6. The second-order valence-corrected chi connectivity index (χ2v) is 8.15. The number of piperidine rings is 1. The molecular weight excluding hydrogens is 364 g/mol. The van der Waals surface area contributed by atoms with Gasteiger partial charge in [0.05, 0.1) is 25.6 Å². The molecule has 0 radical (unpaired) electrons. The minimum absolute atomic E-state index is 0.0176. The number of aliphatic imine (C=N–C) groups is 1. The molecule has 0 saturated carbocycles. The maximum absolute atomic E-state index is 11.8. The summed E-state index contributed by atoms with van der Waals surface area (Å²) in [7, 11) is 1.48. The van der Waals surface area contributed by atoms with Gasteiger partial charge in [0.15, 0.2) is 5.96 Å². The summed E-state index contributed by atoms with van der Waals surface area (Å²) in [5.74, 6) is 0.899. The second-order valence-electron chi connectivity index (χ2n) is 8.15. The molecule has 0 aromatic heterocycles. The number of benzene rings is 1. The molecule has 2 aliphatic rings. The highest BCUT2D eigenvalue weighted by Crippen LogP contribution is 2.26. The van der Waals surface area contributed by atoms with Gasteiger partial charge in [0.2, 0.25) is 0 Å². The third-order valence-electron chi connectivity index (χ3n) is 6.12. The van der Waals surface area contributed by atoms with Crippen LogP contribution in [-0.2, 0) is 9.53 Å². The van der Waals surface area contributed by atoms with Gasteiger partial charge in [0.1, 0.15) is 0 Å². The average molecular weight is 401 g/mol. The molecule has 160 valence electrons. The van der Waals surface area contributed by atoms with Crippen LogP contribution in [0, 0.1) is 12.8 Å². The van der Waals surface area contributed by atoms with Gasteiger partial charge >= 0.3 is 5.97 Å². The van der Waals surface area contributed by atoms with Crippen LogP contribution in [0.15, 0.2) is 29.3 Å². The van der Waals surface area contributed by atoms with E-state index in [9.17, 15) is 4.79 Å². The van der Waals surface area contributed by atoms with Gasteiger partial charge in [-0.1, -0.05) is 29.8 Å². The largest absolute Gasteiger partial charge is 0.469 e. The summed E-state index contributed by atoms with van der Waals surface area (Å²) < 4.78 is 4.92. The lowest BCUT2D eigenvalue weighted by Crippen LogP contribution is -2.47. The predicted octanol–water partition coefficient (Wildman–Crippen LogP) is 2.98. The first-order valence-electron chi connectivity index (χ1n) is 11.0. The Morgan fingerprint density at radius 2 is 1.83 bits per heavy atom. The van der Waals surface area contributed by atoms with E-state index in [1.54, 1.807) is 0 Å². The van der Waals surface area contributed by atoms with Crippen LogP contribution < -0.4 is 5.32 Å². The van der Waals surface area contributed by atoms with Crippen molar-refractivity contribution in [3.8, 4) is 0 Å². The van der Waals surface area contributed by atoms with E-state index in [0.717, 1.165) is 58.1 Å². The van der Waals surface area contributed by atoms with E-state index in [4.69, 9.17) is 9.73 Å². The van der Waals surface area contributed by atoms with Crippen LogP contribution in [0.4, 0.5) is 0 Å². The van der Waals surface area contributed by atoms with Crippen LogP contribution in [0.3, 0.4) is 0 Å². The van der Waals surface area contributed by atoms with E-state index in [2.05, 4.69) is 53.2 Å². The van der Waals surface area contributed by atoms with Crippen LogP contribution in [0.2, 0.25) is 0 Å². The van der Waals surface area contributed by atoms with Crippen molar-refractivity contribution in [2.75, 3.05) is 46.4 Å². The smallest absolute Gasteiger partial charge is 0.308 e. The molecule has 0 bridgehead atoms. The Labute approximate surface area is 175 Å². The first-order valence-corrected chi connectivity index (χ1v) is 11.0. The highest BCUT2D eigenvalue weighted by molar-refractivity contribution is 5.80. The molecule has 1 aromatic carbocycles. The van der Waals surface area contributed by atoms with Crippen molar-refractivity contribution in [2.24, 2.45) is 10.9 Å². The third kappa shape index (κ3) is 5.72. The van der Waals surface area contributed by atoms with Crippen molar-refractivity contribution in [3.05, 3.63) is 35.4 Å². The summed E-state index contributed by atoms with van der Waals surface area (Å²) in [5, 5.41) is 3.46. The van der Waals surface area contributed by atoms with Crippen LogP contribution in [0.5, 0.6) is 0 Å². The molecule has 6 nitrogen and oxygen atoms in total. The molecule has 2 saturated heterocycles. The Hall–Kier alpha value is -2.08. The number of likely N-dealkylation sites (tertiary alicyclic amines) is 2. The Balaban J connectivity index is 1.71. The molecule has 1 aromatic rings. The number of aryl methyl sites for hydroxylation is 1. The zero-order valence-electron chi connectivity index (χ0n) is 18.2. The fourth-order valence-electron chi connectivity index (χ4n) is 4.37. The number of esters is 1. The van der Waals surface area contributed by atoms with E-state index < -0.39 is 0 Å². The van der Waals surface area contributed by atoms with Crippen LogP contribution >= 0.6 is 0 Å². The topological polar surface area (TPSA) is 57.2 Å². The number of hydrogen-bond donors (Lipinski definition) is 1. The minimum atomic E-state index is -0.0833. The number of ether oxygens (including phenoxy) is 1. The van der Waals surface area contributed by atoms with Crippen LogP contribution in [0.1, 0.15) is 49.8 Å². The number of nitrogens with zero attached hydrogens (tertiary/aromatic N) is 3. The summed E-state index contributed by atoms with van der Waals surface area (Å²) in [6, 6.07) is 9.22. The van der Waals surface area contributed by atoms with Gasteiger partial charge in [0, 0.05) is 19.6 Å². The molecule has 1 N–H and O–H groups in total. The molecular formula is C23H36N4O2. The van der Waals surface area contributed by atoms with Crippen molar-refractivity contribution in [3.63, 3.8) is 0 Å². The molecule has 2 aliphatic heterocycles. The van der Waals surface area contributed by atoms with Gasteiger partial charge < -0.3 is 15.0 Å². The predicted molar refractivity (Wildman–Crippen MR) is 117 cm³/mol. The lowest BCUT2D eigenvalue weighted by Gasteiger charge is -2.34. The van der Waals surface area contributed by atoms with E-state index in [0.29, 0.717) is 6.04 Å². The maximum atomic E-state index is 11.8. The highest BCUT2D eigenvalue weighted by Gasteiger charge is 2.28. The molecule has 1 atom stereocenters. The fraction of sp³-hybridized carbons (Fsp3) is 0.652. The Morgan fingerprint density at radius 1 is 1.17 bits per heavy atom. The summed E-state index contributed by atoms with van der Waals surface area (Å²) in [5.41, 5.74) is 2.64. The van der Waals surface area contributed by atoms with E-state index >= 15 is 0 Å². The number of guanidine groups is 1. The van der Waals surface area contributed by atoms with E-state index in [-0.39, 0.29) is 11.9 Å². The standard InChI is InChI=1S/C23H36N4O2/c1-4-24-23(27-15-11-20(12-16-27)22(28)29-3)25-17-21(26-13-5-6-14-26)19-9-7-18(2)8-10-19/h7-10,20-21H,4-6,11-17H2,1-3H3,(H,24,25). The van der Waals surface area contributed by atoms with Gasteiger partial charge in [-0.05, 0) is 58.2 Å². The summed E-state index contributed by atoms with van der Waals surface area (Å²) in [6.45, 7) is 9.80. The minimum Gasteiger partial charge on any atom is -0.469 e. The average Bonchev–Trinajstić information content (AvgIpc) is 3.28. The fourth-order valence-corrected chi connectivity index (χ4v) is 4.37. The third-order valence-corrected chi connectivity index (χ3v) is 6.12. The number of carbonyl (C=O) groups excluding carboxylic acids is 1. The summed E-state index contributed by atoms with van der Waals surface area (Å²) in [6.07, 6.45) is 4.19. The van der Waals surface area contributed by atoms with Crippen molar-refractivity contribution in [1.82, 2.24) is 15.1 Å². The SMILES string of the molecule is CCNC(=NCC(c1ccc(C)cc1)N1CCCC1)N1CCC(C(=O)OC)CC1. The molecule has 1 unspecified atom stereocenters. The van der Waals surface area contributed by atoms with E-state index in [1.165, 1.54) is 31.1 Å². The molecule has 6 heteroatoms. The monoisotopic (exact) mass is 400 g/mol. The summed E-state index contributed by atoms with van der Waals surface area (Å²) >= 11 is 0. The van der Waals surface area contributed by atoms with Crippen molar-refractivity contribution >= 4 is 11.9 Å². The zero-order valence-corrected chi connectivity index (χ0v) is 18.2. The molecule has 0 aliphatic carbocycles. The van der Waals surface area contributed by atoms with Gasteiger partial charge in [0.25, 0.3) is 0 Å². The molecule has 0 spiro atoms. The molecule has 0 amide bonds. The molecule has 2 fully saturated rings. The van der Waals surface area contributed by atoms with Crippen molar-refractivity contribution < 1.29 is 9.53 Å². The second kappa shape index (κ2) is 10.6. The summed E-state index contributed by atoms with van der Waals surface area (Å²) in [4.78, 5) is 21.7. The highest BCUT2D eigenvalue weighted by atomic mass is 16.5. The molecule has 3 rings (SSSR count). The Bertz CT molecular complexity index is 675. The lowest BCUT2D eigenvalue weighted by molar-refractivity contribution is -0.146. The number of carbonyl (C=O) groups is 1. The van der Waals surface area contributed by atoms with Gasteiger partial charge in [-0.2, -0.15) is 0 Å². The first-order chi connectivity index (χ1) is 14.1. The van der Waals surface area contributed by atoms with Gasteiger partial charge in [-0.15, -0.1) is 0 Å². The van der Waals surface area contributed by atoms with Crippen molar-refractivity contribution in [2.45, 2.75) is 45.6 Å². The van der Waals surface area contributed by atoms with E-state index in [1.807, 2.05) is 0 Å². The molecule has 29 heavy (non-hydrogen) atoms. The number of rotatable bonds is 6. The normalized spacial score (nSPS) is 20.0.